The van der Waals surface area contributed by atoms with E-state index < -0.39 is 12.1 Å². The molecule has 6 nitrogen and oxygen atoms in total. The number of aryl methyl sites for hydroxylation is 1. The number of imidazole rings is 1. The Hall–Kier alpha value is -2.08. The van der Waals surface area contributed by atoms with Crippen LogP contribution >= 0.6 is 0 Å². The molecule has 0 aromatic carbocycles. The van der Waals surface area contributed by atoms with Crippen molar-refractivity contribution in [1.82, 2.24) is 9.55 Å². The average Bonchev–Trinajstić information content (AvgIpc) is 2.96. The molecule has 2 aromatic heterocycles. The number of hydrogen-bond acceptors (Lipinski definition) is 4. The molecule has 0 amide bonds. The van der Waals surface area contributed by atoms with Crippen molar-refractivity contribution >= 4 is 5.97 Å². The van der Waals surface area contributed by atoms with Crippen LogP contribution < -0.4 is 0 Å². The largest absolute Gasteiger partial charge is 0.478 e. The first-order chi connectivity index (χ1) is 8.65. The Labute approximate surface area is 103 Å². The molecule has 96 valence electrons. The lowest BCUT2D eigenvalue weighted by molar-refractivity contribution is 0.0687. The Morgan fingerprint density at radius 1 is 1.61 bits per heavy atom. The summed E-state index contributed by atoms with van der Waals surface area (Å²) >= 11 is 0. The van der Waals surface area contributed by atoms with Crippen molar-refractivity contribution in [2.45, 2.75) is 26.0 Å². The molecule has 6 heteroatoms. The molecule has 2 heterocycles. The minimum absolute atomic E-state index is 0.0281. The Morgan fingerprint density at radius 2 is 2.39 bits per heavy atom. The molecule has 0 aliphatic carbocycles. The molecule has 0 saturated carbocycles. The van der Waals surface area contributed by atoms with Crippen molar-refractivity contribution in [2.75, 3.05) is 0 Å². The first-order valence-electron chi connectivity index (χ1n) is 5.64. The zero-order valence-corrected chi connectivity index (χ0v) is 9.91. The Bertz CT molecular complexity index is 544. The highest BCUT2D eigenvalue weighted by atomic mass is 16.4. The zero-order chi connectivity index (χ0) is 13.1. The Kier molecular flexibility index (Phi) is 3.47. The molecule has 18 heavy (non-hydrogen) atoms. The van der Waals surface area contributed by atoms with Crippen LogP contribution in [0.4, 0.5) is 0 Å². The fourth-order valence-corrected chi connectivity index (χ4v) is 1.83. The predicted octanol–water partition coefficient (Wildman–Crippen LogP) is 1.67. The number of aromatic nitrogens is 2. The standard InChI is InChI=1S/C12H14N2O4/c1-2-4-14-7-13-6-9(14)10(15)11-8(12(16)17)3-5-18-11/h3,5-7,10,15H,2,4H2,1H3,(H,16,17). The number of furan rings is 1. The van der Waals surface area contributed by atoms with Crippen LogP contribution in [0.25, 0.3) is 0 Å². The van der Waals surface area contributed by atoms with Gasteiger partial charge in [-0.3, -0.25) is 0 Å². The summed E-state index contributed by atoms with van der Waals surface area (Å²) in [5.74, 6) is -1.10. The number of carboxylic acids is 1. The molecule has 1 atom stereocenters. The number of aliphatic hydroxyl groups is 1. The summed E-state index contributed by atoms with van der Waals surface area (Å²) in [5, 5.41) is 19.2. The Morgan fingerprint density at radius 3 is 3.06 bits per heavy atom. The van der Waals surface area contributed by atoms with Gasteiger partial charge in [-0.15, -0.1) is 0 Å². The van der Waals surface area contributed by atoms with E-state index in [-0.39, 0.29) is 11.3 Å². The van der Waals surface area contributed by atoms with Gasteiger partial charge in [0.2, 0.25) is 0 Å². The lowest BCUT2D eigenvalue weighted by atomic mass is 10.1. The van der Waals surface area contributed by atoms with Crippen LogP contribution in [0.1, 0.15) is 41.3 Å². The van der Waals surface area contributed by atoms with E-state index in [0.29, 0.717) is 12.2 Å². The smallest absolute Gasteiger partial charge is 0.339 e. The van der Waals surface area contributed by atoms with Crippen LogP contribution in [-0.4, -0.2) is 25.7 Å². The van der Waals surface area contributed by atoms with Gasteiger partial charge in [-0.25, -0.2) is 9.78 Å². The number of aromatic carboxylic acids is 1. The summed E-state index contributed by atoms with van der Waals surface area (Å²) < 4.78 is 6.85. The van der Waals surface area contributed by atoms with Crippen LogP contribution in [-0.2, 0) is 6.54 Å². The second-order valence-corrected chi connectivity index (χ2v) is 3.92. The molecule has 0 aliphatic heterocycles. The maximum absolute atomic E-state index is 11.0. The minimum Gasteiger partial charge on any atom is -0.478 e. The number of nitrogens with zero attached hydrogens (tertiary/aromatic N) is 2. The van der Waals surface area contributed by atoms with E-state index in [1.165, 1.54) is 18.5 Å². The molecule has 0 fully saturated rings. The Balaban J connectivity index is 2.35. The van der Waals surface area contributed by atoms with Gasteiger partial charge >= 0.3 is 5.97 Å². The molecule has 0 bridgehead atoms. The summed E-state index contributed by atoms with van der Waals surface area (Å²) in [5.41, 5.74) is 0.487. The van der Waals surface area contributed by atoms with Crippen molar-refractivity contribution in [3.8, 4) is 0 Å². The first-order valence-corrected chi connectivity index (χ1v) is 5.64. The summed E-state index contributed by atoms with van der Waals surface area (Å²) in [6.45, 7) is 2.71. The lowest BCUT2D eigenvalue weighted by Gasteiger charge is -2.12. The molecule has 0 saturated heterocycles. The molecule has 2 aromatic rings. The van der Waals surface area contributed by atoms with Crippen LogP contribution in [0.15, 0.2) is 29.3 Å². The molecule has 0 radical (unpaired) electrons. The lowest BCUT2D eigenvalue weighted by Crippen LogP contribution is -2.10. The van der Waals surface area contributed by atoms with Crippen molar-refractivity contribution in [3.05, 3.63) is 41.9 Å². The maximum Gasteiger partial charge on any atom is 0.339 e. The van der Waals surface area contributed by atoms with Crippen molar-refractivity contribution < 1.29 is 19.4 Å². The number of carboxylic acid groups (broad SMARTS) is 1. The molecule has 2 N–H and O–H groups in total. The van der Waals surface area contributed by atoms with E-state index in [9.17, 15) is 9.90 Å². The fourth-order valence-electron chi connectivity index (χ4n) is 1.83. The second-order valence-electron chi connectivity index (χ2n) is 3.92. The molecular weight excluding hydrogens is 236 g/mol. The summed E-state index contributed by atoms with van der Waals surface area (Å²) in [4.78, 5) is 14.9. The van der Waals surface area contributed by atoms with Crippen LogP contribution in [0, 0.1) is 0 Å². The van der Waals surface area contributed by atoms with Gasteiger partial charge in [0.1, 0.15) is 5.56 Å². The van der Waals surface area contributed by atoms with E-state index in [2.05, 4.69) is 4.98 Å². The van der Waals surface area contributed by atoms with Gasteiger partial charge in [0.25, 0.3) is 0 Å². The van der Waals surface area contributed by atoms with Crippen molar-refractivity contribution in [1.29, 1.82) is 0 Å². The summed E-state index contributed by atoms with van der Waals surface area (Å²) in [6, 6.07) is 1.32. The molecule has 2 rings (SSSR count). The minimum atomic E-state index is -1.13. The average molecular weight is 250 g/mol. The van der Waals surface area contributed by atoms with Gasteiger partial charge < -0.3 is 19.2 Å². The predicted molar refractivity (Wildman–Crippen MR) is 62.2 cm³/mol. The molecule has 1 unspecified atom stereocenters. The van der Waals surface area contributed by atoms with Crippen LogP contribution in [0.3, 0.4) is 0 Å². The quantitative estimate of drug-likeness (QED) is 0.842. The van der Waals surface area contributed by atoms with E-state index in [0.717, 1.165) is 6.42 Å². The van der Waals surface area contributed by atoms with E-state index in [1.54, 1.807) is 10.9 Å². The third kappa shape index (κ3) is 2.14. The van der Waals surface area contributed by atoms with Crippen molar-refractivity contribution in [2.24, 2.45) is 0 Å². The molecular formula is C12H14N2O4. The first kappa shape index (κ1) is 12.4. The third-order valence-electron chi connectivity index (χ3n) is 2.66. The summed E-state index contributed by atoms with van der Waals surface area (Å²) in [7, 11) is 0. The topological polar surface area (TPSA) is 88.5 Å². The van der Waals surface area contributed by atoms with Crippen LogP contribution in [0.5, 0.6) is 0 Å². The number of aliphatic hydroxyl groups excluding tert-OH is 1. The van der Waals surface area contributed by atoms with Gasteiger partial charge in [-0.05, 0) is 12.5 Å². The van der Waals surface area contributed by atoms with Crippen molar-refractivity contribution in [3.63, 3.8) is 0 Å². The van der Waals surface area contributed by atoms with Gasteiger partial charge in [-0.2, -0.15) is 0 Å². The van der Waals surface area contributed by atoms with Gasteiger partial charge in [-0.1, -0.05) is 6.92 Å². The van der Waals surface area contributed by atoms with E-state index in [4.69, 9.17) is 9.52 Å². The SMILES string of the molecule is CCCn1cncc1C(O)c1occc1C(=O)O. The van der Waals surface area contributed by atoms with E-state index in [1.807, 2.05) is 6.92 Å². The highest BCUT2D eigenvalue weighted by Crippen LogP contribution is 2.26. The fraction of sp³-hybridized carbons (Fsp3) is 0.333. The zero-order valence-electron chi connectivity index (χ0n) is 9.91. The monoisotopic (exact) mass is 250 g/mol. The van der Waals surface area contributed by atoms with Gasteiger partial charge in [0.05, 0.1) is 24.5 Å². The number of carbonyl (C=O) groups is 1. The second kappa shape index (κ2) is 5.05. The molecule has 0 spiro atoms. The number of hydrogen-bond donors (Lipinski definition) is 2. The highest BCUT2D eigenvalue weighted by Gasteiger charge is 2.24. The van der Waals surface area contributed by atoms with E-state index >= 15 is 0 Å². The maximum atomic E-state index is 11.0. The number of rotatable bonds is 5. The summed E-state index contributed by atoms with van der Waals surface area (Å²) in [6.07, 6.45) is 4.13. The van der Waals surface area contributed by atoms with Gasteiger partial charge in [0.15, 0.2) is 11.9 Å². The molecule has 0 aliphatic rings. The van der Waals surface area contributed by atoms with Crippen LogP contribution in [0.2, 0.25) is 0 Å². The van der Waals surface area contributed by atoms with Gasteiger partial charge in [0, 0.05) is 6.54 Å². The highest BCUT2D eigenvalue weighted by molar-refractivity contribution is 5.88. The normalized spacial score (nSPS) is 12.6. The third-order valence-corrected chi connectivity index (χ3v) is 2.66.